The summed E-state index contributed by atoms with van der Waals surface area (Å²) in [6, 6.07) is 3.22. The molecule has 0 unspecified atom stereocenters. The molecule has 0 saturated carbocycles. The highest BCUT2D eigenvalue weighted by Gasteiger charge is 2.16. The Labute approximate surface area is 98.5 Å². The van der Waals surface area contributed by atoms with E-state index in [1.807, 2.05) is 6.26 Å². The molecule has 0 aromatic heterocycles. The number of nitrogens with one attached hydrogen (secondary N) is 1. The van der Waals surface area contributed by atoms with Crippen molar-refractivity contribution in [2.24, 2.45) is 0 Å². The van der Waals surface area contributed by atoms with Crippen molar-refractivity contribution in [3.05, 3.63) is 24.0 Å². The first-order chi connectivity index (χ1) is 7.47. The fourth-order valence-electron chi connectivity index (χ4n) is 1.12. The molecule has 90 valence electrons. The molecule has 0 heterocycles. The number of sulfonamides is 1. The number of thioether (sulfide) groups is 1. The van der Waals surface area contributed by atoms with Crippen LogP contribution in [-0.4, -0.2) is 27.0 Å². The lowest BCUT2D eigenvalue weighted by Crippen LogP contribution is -2.26. The van der Waals surface area contributed by atoms with Gasteiger partial charge >= 0.3 is 0 Å². The minimum Gasteiger partial charge on any atom is -0.398 e. The molecule has 0 atom stereocenters. The lowest BCUT2D eigenvalue weighted by Gasteiger charge is -2.08. The van der Waals surface area contributed by atoms with Gasteiger partial charge in [-0.3, -0.25) is 0 Å². The van der Waals surface area contributed by atoms with Gasteiger partial charge in [0.25, 0.3) is 0 Å². The molecule has 7 heteroatoms. The molecule has 0 radical (unpaired) electrons. The van der Waals surface area contributed by atoms with Crippen molar-refractivity contribution in [1.29, 1.82) is 0 Å². The normalized spacial score (nSPS) is 11.6. The third kappa shape index (κ3) is 3.36. The number of hydrogen-bond donors (Lipinski definition) is 2. The highest BCUT2D eigenvalue weighted by Crippen LogP contribution is 2.18. The van der Waals surface area contributed by atoms with Crippen LogP contribution in [0.15, 0.2) is 23.1 Å². The van der Waals surface area contributed by atoms with E-state index in [2.05, 4.69) is 4.72 Å². The molecule has 0 aliphatic rings. The summed E-state index contributed by atoms with van der Waals surface area (Å²) in [7, 11) is -3.63. The summed E-state index contributed by atoms with van der Waals surface area (Å²) in [5, 5.41) is 0. The Bertz CT molecular complexity index is 463. The van der Waals surface area contributed by atoms with Crippen molar-refractivity contribution in [3.63, 3.8) is 0 Å². The van der Waals surface area contributed by atoms with Crippen molar-refractivity contribution < 1.29 is 12.8 Å². The maximum absolute atomic E-state index is 12.7. The lowest BCUT2D eigenvalue weighted by molar-refractivity contribution is 0.584. The Morgan fingerprint density at radius 1 is 1.50 bits per heavy atom. The van der Waals surface area contributed by atoms with Crippen LogP contribution in [0, 0.1) is 5.82 Å². The van der Waals surface area contributed by atoms with E-state index >= 15 is 0 Å². The quantitative estimate of drug-likeness (QED) is 0.616. The summed E-state index contributed by atoms with van der Waals surface area (Å²) < 4.78 is 38.6. The molecule has 0 saturated heterocycles. The Kier molecular flexibility index (Phi) is 4.57. The van der Waals surface area contributed by atoms with Gasteiger partial charge in [0.15, 0.2) is 0 Å². The number of anilines is 1. The van der Waals surface area contributed by atoms with Crippen molar-refractivity contribution >= 4 is 27.5 Å². The molecule has 0 aliphatic carbocycles. The minimum atomic E-state index is -3.63. The second-order valence-corrected chi connectivity index (χ2v) is 5.79. The number of nitrogens with two attached hydrogens (primary N) is 1. The summed E-state index contributed by atoms with van der Waals surface area (Å²) in [6.07, 6.45) is 1.88. The van der Waals surface area contributed by atoms with E-state index in [-0.39, 0.29) is 10.6 Å². The second kappa shape index (κ2) is 5.51. The molecule has 1 aromatic rings. The number of nitrogen functional groups attached to an aromatic ring is 1. The van der Waals surface area contributed by atoms with Gasteiger partial charge in [0.1, 0.15) is 10.7 Å². The fraction of sp³-hybridized carbons (Fsp3) is 0.333. The van der Waals surface area contributed by atoms with E-state index < -0.39 is 15.8 Å². The summed E-state index contributed by atoms with van der Waals surface area (Å²) in [5.41, 5.74) is 5.36. The van der Waals surface area contributed by atoms with Crippen LogP contribution < -0.4 is 10.5 Å². The van der Waals surface area contributed by atoms with Crippen LogP contribution in [0.1, 0.15) is 0 Å². The number of halogens is 1. The fourth-order valence-corrected chi connectivity index (χ4v) is 2.70. The Morgan fingerprint density at radius 3 is 2.75 bits per heavy atom. The maximum atomic E-state index is 12.7. The molecule has 4 nitrogen and oxygen atoms in total. The Morgan fingerprint density at radius 2 is 2.19 bits per heavy atom. The molecule has 0 amide bonds. The summed E-state index contributed by atoms with van der Waals surface area (Å²) in [4.78, 5) is -0.0880. The van der Waals surface area contributed by atoms with Crippen LogP contribution in [0.4, 0.5) is 10.1 Å². The zero-order valence-corrected chi connectivity index (χ0v) is 10.4. The molecule has 0 aliphatic heterocycles. The van der Waals surface area contributed by atoms with Crippen LogP contribution in [0.3, 0.4) is 0 Å². The standard InChI is InChI=1S/C9H13FN2O2S2/c1-15-5-4-12-16(13,14)9-3-2-7(10)6-8(9)11/h2-3,6,12H,4-5,11H2,1H3. The first-order valence-corrected chi connectivity index (χ1v) is 7.38. The molecular formula is C9H13FN2O2S2. The second-order valence-electron chi connectivity index (χ2n) is 3.07. The maximum Gasteiger partial charge on any atom is 0.242 e. The van der Waals surface area contributed by atoms with Gasteiger partial charge in [0.2, 0.25) is 10.0 Å². The number of benzene rings is 1. The first kappa shape index (κ1) is 13.3. The van der Waals surface area contributed by atoms with E-state index in [4.69, 9.17) is 5.73 Å². The van der Waals surface area contributed by atoms with Crippen LogP contribution in [0.25, 0.3) is 0 Å². The predicted molar refractivity (Wildman–Crippen MR) is 64.4 cm³/mol. The highest BCUT2D eigenvalue weighted by molar-refractivity contribution is 7.98. The summed E-state index contributed by atoms with van der Waals surface area (Å²) in [6.45, 7) is 0.320. The number of rotatable bonds is 5. The van der Waals surface area contributed by atoms with E-state index in [1.165, 1.54) is 11.8 Å². The van der Waals surface area contributed by atoms with Gasteiger partial charge in [-0.1, -0.05) is 0 Å². The zero-order valence-electron chi connectivity index (χ0n) is 8.73. The van der Waals surface area contributed by atoms with E-state index in [1.54, 1.807) is 0 Å². The average Bonchev–Trinajstić information content (AvgIpc) is 2.17. The summed E-state index contributed by atoms with van der Waals surface area (Å²) >= 11 is 1.53. The lowest BCUT2D eigenvalue weighted by atomic mass is 10.3. The molecular weight excluding hydrogens is 251 g/mol. The molecule has 0 fully saturated rings. The zero-order chi connectivity index (χ0) is 12.2. The van der Waals surface area contributed by atoms with Crippen molar-refractivity contribution in [3.8, 4) is 0 Å². The molecule has 16 heavy (non-hydrogen) atoms. The van der Waals surface area contributed by atoms with Crippen molar-refractivity contribution in [1.82, 2.24) is 4.72 Å². The monoisotopic (exact) mass is 264 g/mol. The van der Waals surface area contributed by atoms with E-state index in [0.717, 1.165) is 18.2 Å². The van der Waals surface area contributed by atoms with Crippen LogP contribution >= 0.6 is 11.8 Å². The van der Waals surface area contributed by atoms with Gasteiger partial charge < -0.3 is 5.73 Å². The third-order valence-corrected chi connectivity index (χ3v) is 4.01. The van der Waals surface area contributed by atoms with Gasteiger partial charge in [0.05, 0.1) is 5.69 Å². The average molecular weight is 264 g/mol. The van der Waals surface area contributed by atoms with Gasteiger partial charge in [0, 0.05) is 12.3 Å². The third-order valence-electron chi connectivity index (χ3n) is 1.86. The highest BCUT2D eigenvalue weighted by atomic mass is 32.2. The molecule has 1 rings (SSSR count). The summed E-state index contributed by atoms with van der Waals surface area (Å²) in [5.74, 6) is 0.112. The van der Waals surface area contributed by atoms with E-state index in [0.29, 0.717) is 12.3 Å². The van der Waals surface area contributed by atoms with Crippen LogP contribution in [0.2, 0.25) is 0 Å². The first-order valence-electron chi connectivity index (χ1n) is 4.51. The minimum absolute atomic E-state index is 0.0864. The Hall–Kier alpha value is -0.790. The van der Waals surface area contributed by atoms with Gasteiger partial charge in [-0.25, -0.2) is 17.5 Å². The topological polar surface area (TPSA) is 72.2 Å². The van der Waals surface area contributed by atoms with Crippen LogP contribution in [-0.2, 0) is 10.0 Å². The molecule has 0 bridgehead atoms. The van der Waals surface area contributed by atoms with Crippen LogP contribution in [0.5, 0.6) is 0 Å². The van der Waals surface area contributed by atoms with Crippen molar-refractivity contribution in [2.75, 3.05) is 24.3 Å². The van der Waals surface area contributed by atoms with Gasteiger partial charge in [-0.2, -0.15) is 11.8 Å². The van der Waals surface area contributed by atoms with E-state index in [9.17, 15) is 12.8 Å². The molecule has 1 aromatic carbocycles. The largest absolute Gasteiger partial charge is 0.398 e. The smallest absolute Gasteiger partial charge is 0.242 e. The molecule has 3 N–H and O–H groups in total. The van der Waals surface area contributed by atoms with Gasteiger partial charge in [-0.05, 0) is 24.5 Å². The molecule has 0 spiro atoms. The van der Waals surface area contributed by atoms with Crippen molar-refractivity contribution in [2.45, 2.75) is 4.90 Å². The Balaban J connectivity index is 2.90. The SMILES string of the molecule is CSCCNS(=O)(=O)c1ccc(F)cc1N. The predicted octanol–water partition coefficient (Wildman–Crippen LogP) is 1.05. The number of hydrogen-bond acceptors (Lipinski definition) is 4. The van der Waals surface area contributed by atoms with Gasteiger partial charge in [-0.15, -0.1) is 0 Å².